The molecule has 1 aliphatic heterocycles. The van der Waals surface area contributed by atoms with Gasteiger partial charge in [0.1, 0.15) is 0 Å². The third-order valence-electron chi connectivity index (χ3n) is 4.86. The van der Waals surface area contributed by atoms with Crippen molar-refractivity contribution in [1.82, 2.24) is 9.88 Å². The molecule has 3 aromatic rings. The molecular weight excluding hydrogens is 424 g/mol. The number of nitrogens with zero attached hydrogens (tertiary/aromatic N) is 2. The first-order valence-electron chi connectivity index (χ1n) is 9.66. The summed E-state index contributed by atoms with van der Waals surface area (Å²) in [5.74, 6) is -0.783. The number of para-hydroxylation sites is 1. The molecule has 8 heteroatoms. The van der Waals surface area contributed by atoms with E-state index in [9.17, 15) is 9.59 Å². The summed E-state index contributed by atoms with van der Waals surface area (Å²) in [5, 5.41) is 0.676. The summed E-state index contributed by atoms with van der Waals surface area (Å²) in [5.41, 5.74) is 1.69. The van der Waals surface area contributed by atoms with Crippen molar-refractivity contribution in [2.24, 2.45) is 0 Å². The Morgan fingerprint density at radius 3 is 2.63 bits per heavy atom. The number of fused-ring (bicyclic) bond motifs is 1. The summed E-state index contributed by atoms with van der Waals surface area (Å²) < 4.78 is 11.7. The molecule has 1 aromatic carbocycles. The number of amides is 1. The van der Waals surface area contributed by atoms with Crippen molar-refractivity contribution in [2.75, 3.05) is 19.7 Å². The molecule has 0 unspecified atom stereocenters. The number of carbonyl (C=O) groups is 2. The lowest BCUT2D eigenvalue weighted by Crippen LogP contribution is -2.49. The molecule has 3 heterocycles. The number of hydrogen-bond donors (Lipinski definition) is 0. The maximum absolute atomic E-state index is 12.9. The second kappa shape index (κ2) is 8.71. The van der Waals surface area contributed by atoms with Crippen LogP contribution in [0, 0.1) is 0 Å². The molecule has 156 valence electrons. The number of hydrogen-bond acceptors (Lipinski definition) is 6. The van der Waals surface area contributed by atoms with Crippen molar-refractivity contribution in [1.29, 1.82) is 0 Å². The van der Waals surface area contributed by atoms with Crippen LogP contribution in [0.3, 0.4) is 0 Å². The average Bonchev–Trinajstić information content (AvgIpc) is 3.16. The van der Waals surface area contributed by atoms with E-state index >= 15 is 0 Å². The molecule has 0 N–H and O–H groups in total. The van der Waals surface area contributed by atoms with Crippen molar-refractivity contribution >= 4 is 45.7 Å². The first kappa shape index (κ1) is 20.8. The fraction of sp³-hybridized carbons (Fsp3) is 0.318. The monoisotopic (exact) mass is 444 g/mol. The van der Waals surface area contributed by atoms with Crippen LogP contribution in [0.2, 0.25) is 4.34 Å². The molecule has 0 bridgehead atoms. The molecule has 2 aromatic heterocycles. The summed E-state index contributed by atoms with van der Waals surface area (Å²) in [4.78, 5) is 32.6. The zero-order valence-electron chi connectivity index (χ0n) is 16.6. The van der Waals surface area contributed by atoms with Crippen LogP contribution in [-0.4, -0.2) is 53.7 Å². The standard InChI is InChI=1S/C22H21ClN2O4S/c1-13-10-25(11-14(2)29-13)21(26)12-28-22(27)16-9-18(19-7-8-20(23)30-19)24-17-6-4-3-5-15(16)17/h3-9,13-14H,10-12H2,1-2H3/t13-,14-/m0/s1. The van der Waals surface area contributed by atoms with Gasteiger partial charge in [-0.05, 0) is 38.1 Å². The van der Waals surface area contributed by atoms with Gasteiger partial charge in [-0.25, -0.2) is 9.78 Å². The number of rotatable bonds is 4. The first-order valence-corrected chi connectivity index (χ1v) is 10.9. The van der Waals surface area contributed by atoms with E-state index in [0.717, 1.165) is 4.88 Å². The molecule has 0 spiro atoms. The highest BCUT2D eigenvalue weighted by molar-refractivity contribution is 7.19. The topological polar surface area (TPSA) is 68.7 Å². The predicted molar refractivity (Wildman–Crippen MR) is 117 cm³/mol. The summed E-state index contributed by atoms with van der Waals surface area (Å²) in [6.07, 6.45) is -0.0876. The lowest BCUT2D eigenvalue weighted by Gasteiger charge is -2.35. The molecule has 1 saturated heterocycles. The van der Waals surface area contributed by atoms with Crippen LogP contribution in [0.25, 0.3) is 21.5 Å². The van der Waals surface area contributed by atoms with Crippen molar-refractivity contribution in [3.8, 4) is 10.6 Å². The van der Waals surface area contributed by atoms with E-state index in [1.165, 1.54) is 11.3 Å². The van der Waals surface area contributed by atoms with E-state index in [4.69, 9.17) is 21.1 Å². The Labute approximate surface area is 183 Å². The van der Waals surface area contributed by atoms with Crippen molar-refractivity contribution in [3.63, 3.8) is 0 Å². The molecule has 6 nitrogen and oxygen atoms in total. The maximum Gasteiger partial charge on any atom is 0.339 e. The van der Waals surface area contributed by atoms with Gasteiger partial charge in [-0.2, -0.15) is 0 Å². The van der Waals surface area contributed by atoms with Gasteiger partial charge in [-0.15, -0.1) is 11.3 Å². The highest BCUT2D eigenvalue weighted by atomic mass is 35.5. The van der Waals surface area contributed by atoms with Crippen LogP contribution in [-0.2, 0) is 14.3 Å². The first-order chi connectivity index (χ1) is 14.4. The summed E-state index contributed by atoms with van der Waals surface area (Å²) in [7, 11) is 0. The molecular formula is C22H21ClN2O4S. The van der Waals surface area contributed by atoms with Gasteiger partial charge in [0.15, 0.2) is 6.61 Å². The SMILES string of the molecule is C[C@H]1CN(C(=O)COC(=O)c2cc(-c3ccc(Cl)s3)nc3ccccc23)C[C@H](C)O1. The van der Waals surface area contributed by atoms with Gasteiger partial charge in [0, 0.05) is 18.5 Å². The van der Waals surface area contributed by atoms with E-state index in [1.807, 2.05) is 44.2 Å². The van der Waals surface area contributed by atoms with Gasteiger partial charge in [0.25, 0.3) is 5.91 Å². The lowest BCUT2D eigenvalue weighted by molar-refractivity contribution is -0.146. The minimum Gasteiger partial charge on any atom is -0.452 e. The fourth-order valence-corrected chi connectivity index (χ4v) is 4.60. The van der Waals surface area contributed by atoms with Gasteiger partial charge in [-0.3, -0.25) is 4.79 Å². The molecule has 30 heavy (non-hydrogen) atoms. The molecule has 2 atom stereocenters. The van der Waals surface area contributed by atoms with E-state index in [0.29, 0.717) is 39.6 Å². The second-order valence-corrected chi connectivity index (χ2v) is 9.02. The van der Waals surface area contributed by atoms with Gasteiger partial charge in [0.05, 0.1) is 38.2 Å². The number of halogens is 1. The van der Waals surface area contributed by atoms with Crippen LogP contribution in [0.4, 0.5) is 0 Å². The van der Waals surface area contributed by atoms with Gasteiger partial charge in [0.2, 0.25) is 0 Å². The van der Waals surface area contributed by atoms with Crippen LogP contribution in [0.1, 0.15) is 24.2 Å². The number of carbonyl (C=O) groups excluding carboxylic acids is 2. The maximum atomic E-state index is 12.9. The highest BCUT2D eigenvalue weighted by Crippen LogP contribution is 2.32. The largest absolute Gasteiger partial charge is 0.452 e. The highest BCUT2D eigenvalue weighted by Gasteiger charge is 2.27. The quantitative estimate of drug-likeness (QED) is 0.557. The van der Waals surface area contributed by atoms with Crippen molar-refractivity contribution in [2.45, 2.75) is 26.1 Å². The number of ether oxygens (including phenoxy) is 2. The summed E-state index contributed by atoms with van der Waals surface area (Å²) in [6.45, 7) is 4.51. The zero-order chi connectivity index (χ0) is 21.3. The number of thiophene rings is 1. The van der Waals surface area contributed by atoms with Crippen molar-refractivity contribution in [3.05, 3.63) is 52.4 Å². The minimum absolute atomic E-state index is 0.0438. The van der Waals surface area contributed by atoms with Gasteiger partial charge in [-0.1, -0.05) is 29.8 Å². The number of morpholine rings is 1. The predicted octanol–water partition coefficient (Wildman–Crippen LogP) is 4.41. The summed E-state index contributed by atoms with van der Waals surface area (Å²) in [6, 6.07) is 12.7. The zero-order valence-corrected chi connectivity index (χ0v) is 18.2. The van der Waals surface area contributed by atoms with E-state index in [1.54, 1.807) is 17.0 Å². The van der Waals surface area contributed by atoms with E-state index < -0.39 is 5.97 Å². The van der Waals surface area contributed by atoms with Crippen LogP contribution >= 0.6 is 22.9 Å². The van der Waals surface area contributed by atoms with Gasteiger partial charge < -0.3 is 14.4 Å². The fourth-order valence-electron chi connectivity index (χ4n) is 3.60. The third kappa shape index (κ3) is 4.48. The summed E-state index contributed by atoms with van der Waals surface area (Å²) >= 11 is 7.44. The molecule has 1 fully saturated rings. The molecule has 1 aliphatic rings. The second-order valence-electron chi connectivity index (χ2n) is 7.31. The van der Waals surface area contributed by atoms with E-state index in [2.05, 4.69) is 4.98 Å². The Kier molecular flexibility index (Phi) is 6.04. The minimum atomic E-state index is -0.555. The molecule has 4 rings (SSSR count). The normalized spacial score (nSPS) is 19.1. The molecule has 0 radical (unpaired) electrons. The third-order valence-corrected chi connectivity index (χ3v) is 6.11. The number of esters is 1. The Balaban J connectivity index is 1.56. The molecule has 0 aliphatic carbocycles. The van der Waals surface area contributed by atoms with Crippen LogP contribution in [0.15, 0.2) is 42.5 Å². The molecule has 0 saturated carbocycles. The number of pyridine rings is 1. The Morgan fingerprint density at radius 2 is 1.93 bits per heavy atom. The Hall–Kier alpha value is -2.48. The smallest absolute Gasteiger partial charge is 0.339 e. The lowest BCUT2D eigenvalue weighted by atomic mass is 10.1. The Morgan fingerprint density at radius 1 is 1.20 bits per heavy atom. The van der Waals surface area contributed by atoms with Gasteiger partial charge >= 0.3 is 5.97 Å². The number of aromatic nitrogens is 1. The Bertz CT molecular complexity index is 1090. The number of benzene rings is 1. The van der Waals surface area contributed by atoms with Crippen LogP contribution in [0.5, 0.6) is 0 Å². The average molecular weight is 445 g/mol. The van der Waals surface area contributed by atoms with Crippen LogP contribution < -0.4 is 0 Å². The van der Waals surface area contributed by atoms with E-state index in [-0.39, 0.29) is 24.7 Å². The molecule has 1 amide bonds. The van der Waals surface area contributed by atoms with Crippen molar-refractivity contribution < 1.29 is 19.1 Å².